The van der Waals surface area contributed by atoms with Gasteiger partial charge in [-0.15, -0.1) is 0 Å². The monoisotopic (exact) mass is 453 g/mol. The molecule has 1 spiro atoms. The molecule has 3 aliphatic rings. The molecule has 2 fully saturated rings. The zero-order chi connectivity index (χ0) is 22.7. The molecular weight excluding hydrogens is 426 g/mol. The number of fused-ring (bicyclic) bond motifs is 3. The Morgan fingerprint density at radius 3 is 2.62 bits per heavy atom. The molecule has 0 radical (unpaired) electrons. The largest absolute Gasteiger partial charge is 0.393 e. The van der Waals surface area contributed by atoms with E-state index < -0.39 is 0 Å². The highest BCUT2D eigenvalue weighted by atomic mass is 16.5. The summed E-state index contributed by atoms with van der Waals surface area (Å²) in [4.78, 5) is 16.5. The second-order valence-corrected chi connectivity index (χ2v) is 10.0. The molecule has 0 bridgehead atoms. The van der Waals surface area contributed by atoms with Gasteiger partial charge in [0.1, 0.15) is 12.4 Å². The van der Waals surface area contributed by atoms with Crippen molar-refractivity contribution in [3.63, 3.8) is 0 Å². The van der Waals surface area contributed by atoms with Gasteiger partial charge in [0.05, 0.1) is 29.8 Å². The van der Waals surface area contributed by atoms with E-state index in [4.69, 9.17) is 19.7 Å². The number of aliphatic hydroxyl groups excluding tert-OH is 1. The molecule has 1 saturated heterocycles. The van der Waals surface area contributed by atoms with Crippen LogP contribution in [0.25, 0.3) is 22.2 Å². The number of hydrogen-bond acceptors (Lipinski definition) is 6. The summed E-state index contributed by atoms with van der Waals surface area (Å²) in [7, 11) is 0. The lowest BCUT2D eigenvalue weighted by Gasteiger charge is -2.42. The minimum atomic E-state index is -0.125. The standard InChI is InChI=1S/C27H27N5O2/c33-21-11-27(12-21)8-9-31(17-27)26-28-13-20(14-29-26)19-6-7-22-23(10-19)32-24(15-34-16-25(32)30-22)18-4-2-1-3-5-18/h1-7,10,13-14,21,24,33H,8-9,11-12,15-17H2/t21?,24-,27?/m1/s1. The van der Waals surface area contributed by atoms with Gasteiger partial charge in [0, 0.05) is 31.0 Å². The first-order valence-corrected chi connectivity index (χ1v) is 12.1. The maximum atomic E-state index is 9.74. The van der Waals surface area contributed by atoms with Gasteiger partial charge in [-0.05, 0) is 47.9 Å². The first-order chi connectivity index (χ1) is 16.7. The summed E-state index contributed by atoms with van der Waals surface area (Å²) in [6.07, 6.45) is 6.66. The molecule has 4 aromatic rings. The molecule has 7 rings (SSSR count). The van der Waals surface area contributed by atoms with Gasteiger partial charge in [-0.1, -0.05) is 36.4 Å². The van der Waals surface area contributed by atoms with Gasteiger partial charge in [0.2, 0.25) is 5.95 Å². The normalized spacial score (nSPS) is 26.1. The van der Waals surface area contributed by atoms with Gasteiger partial charge >= 0.3 is 0 Å². The highest BCUT2D eigenvalue weighted by Crippen LogP contribution is 2.48. The van der Waals surface area contributed by atoms with Crippen molar-refractivity contribution in [3.8, 4) is 11.1 Å². The third-order valence-electron chi connectivity index (χ3n) is 7.80. The van der Waals surface area contributed by atoms with Gasteiger partial charge in [-0.25, -0.2) is 15.0 Å². The molecular formula is C27H27N5O2. The lowest BCUT2D eigenvalue weighted by atomic mass is 9.66. The zero-order valence-electron chi connectivity index (χ0n) is 19.0. The van der Waals surface area contributed by atoms with Crippen LogP contribution in [0.2, 0.25) is 0 Å². The third-order valence-corrected chi connectivity index (χ3v) is 7.80. The Hall–Kier alpha value is -3.29. The summed E-state index contributed by atoms with van der Waals surface area (Å²) in [6, 6.07) is 17.0. The van der Waals surface area contributed by atoms with Crippen LogP contribution in [0.1, 0.15) is 36.7 Å². The molecule has 0 amide bonds. The topological polar surface area (TPSA) is 76.3 Å². The van der Waals surface area contributed by atoms with Crippen molar-refractivity contribution >= 4 is 17.0 Å². The predicted molar refractivity (Wildman–Crippen MR) is 129 cm³/mol. The fourth-order valence-electron chi connectivity index (χ4n) is 6.04. The smallest absolute Gasteiger partial charge is 0.225 e. The van der Waals surface area contributed by atoms with E-state index in [1.54, 1.807) is 0 Å². The molecule has 1 aliphatic carbocycles. The van der Waals surface area contributed by atoms with Crippen molar-refractivity contribution in [2.24, 2.45) is 5.41 Å². The number of aliphatic hydroxyl groups is 1. The number of rotatable bonds is 3. The minimum Gasteiger partial charge on any atom is -0.393 e. The van der Waals surface area contributed by atoms with Crippen molar-refractivity contribution in [1.82, 2.24) is 19.5 Å². The third kappa shape index (κ3) is 3.22. The molecule has 172 valence electrons. The molecule has 1 atom stereocenters. The Kier molecular flexibility index (Phi) is 4.50. The van der Waals surface area contributed by atoms with E-state index in [-0.39, 0.29) is 17.6 Å². The van der Waals surface area contributed by atoms with Crippen LogP contribution >= 0.6 is 0 Å². The van der Waals surface area contributed by atoms with Crippen LogP contribution in [-0.2, 0) is 11.3 Å². The molecule has 2 aliphatic heterocycles. The van der Waals surface area contributed by atoms with Crippen molar-refractivity contribution < 1.29 is 9.84 Å². The van der Waals surface area contributed by atoms with E-state index in [9.17, 15) is 5.11 Å². The van der Waals surface area contributed by atoms with E-state index in [0.717, 1.165) is 66.3 Å². The van der Waals surface area contributed by atoms with Gasteiger partial charge in [0.15, 0.2) is 0 Å². The van der Waals surface area contributed by atoms with Crippen molar-refractivity contribution in [2.75, 3.05) is 24.6 Å². The Balaban J connectivity index is 1.20. The first-order valence-electron chi connectivity index (χ1n) is 12.1. The summed E-state index contributed by atoms with van der Waals surface area (Å²) in [5.74, 6) is 1.74. The molecule has 2 aromatic carbocycles. The molecule has 1 saturated carbocycles. The van der Waals surface area contributed by atoms with Crippen LogP contribution in [0.5, 0.6) is 0 Å². The fraction of sp³-hybridized carbons (Fsp3) is 0.370. The molecule has 4 heterocycles. The number of ether oxygens (including phenoxy) is 1. The second kappa shape index (κ2) is 7.61. The Morgan fingerprint density at radius 1 is 1.00 bits per heavy atom. The van der Waals surface area contributed by atoms with Crippen LogP contribution < -0.4 is 4.90 Å². The van der Waals surface area contributed by atoms with Crippen LogP contribution in [0.3, 0.4) is 0 Å². The molecule has 0 unspecified atom stereocenters. The van der Waals surface area contributed by atoms with E-state index in [0.29, 0.717) is 13.2 Å². The van der Waals surface area contributed by atoms with Crippen LogP contribution in [-0.4, -0.2) is 50.4 Å². The molecule has 34 heavy (non-hydrogen) atoms. The van der Waals surface area contributed by atoms with Gasteiger partial charge < -0.3 is 19.3 Å². The quantitative estimate of drug-likeness (QED) is 0.506. The minimum absolute atomic E-state index is 0.108. The maximum Gasteiger partial charge on any atom is 0.225 e. The van der Waals surface area contributed by atoms with Crippen LogP contribution in [0, 0.1) is 5.41 Å². The maximum absolute atomic E-state index is 9.74. The summed E-state index contributed by atoms with van der Waals surface area (Å²) < 4.78 is 8.20. The molecule has 7 heteroatoms. The van der Waals surface area contributed by atoms with Crippen molar-refractivity contribution in [2.45, 2.75) is 38.0 Å². The lowest BCUT2D eigenvalue weighted by Crippen LogP contribution is -2.43. The predicted octanol–water partition coefficient (Wildman–Crippen LogP) is 3.96. The highest BCUT2D eigenvalue weighted by Gasteiger charge is 2.48. The first kappa shape index (κ1) is 20.1. The van der Waals surface area contributed by atoms with E-state index in [1.165, 1.54) is 5.56 Å². The number of aromatic nitrogens is 4. The van der Waals surface area contributed by atoms with E-state index in [2.05, 4.69) is 51.9 Å². The Labute approximate surface area is 198 Å². The number of anilines is 1. The average Bonchev–Trinajstić information content (AvgIpc) is 3.46. The molecule has 2 aromatic heterocycles. The summed E-state index contributed by atoms with van der Waals surface area (Å²) in [5.41, 5.74) is 5.67. The SMILES string of the molecule is OC1CC2(CCN(c3ncc(-c4ccc5nc6n(c5c4)[C@@H](c4ccccc4)COC6)cn3)C2)C1. The second-order valence-electron chi connectivity index (χ2n) is 10.0. The van der Waals surface area contributed by atoms with Crippen molar-refractivity contribution in [1.29, 1.82) is 0 Å². The molecule has 7 nitrogen and oxygen atoms in total. The fourth-order valence-corrected chi connectivity index (χ4v) is 6.04. The zero-order valence-corrected chi connectivity index (χ0v) is 19.0. The number of benzene rings is 2. The summed E-state index contributed by atoms with van der Waals surface area (Å²) in [6.45, 7) is 3.07. The number of hydrogen-bond donors (Lipinski definition) is 1. The summed E-state index contributed by atoms with van der Waals surface area (Å²) in [5, 5.41) is 9.74. The average molecular weight is 454 g/mol. The van der Waals surface area contributed by atoms with Gasteiger partial charge in [0.25, 0.3) is 0 Å². The molecule has 1 N–H and O–H groups in total. The number of imidazole rings is 1. The lowest BCUT2D eigenvalue weighted by molar-refractivity contribution is -0.0179. The van der Waals surface area contributed by atoms with E-state index >= 15 is 0 Å². The van der Waals surface area contributed by atoms with Crippen LogP contribution in [0.15, 0.2) is 60.9 Å². The van der Waals surface area contributed by atoms with Gasteiger partial charge in [-0.3, -0.25) is 0 Å². The van der Waals surface area contributed by atoms with Crippen LogP contribution in [0.4, 0.5) is 5.95 Å². The van der Waals surface area contributed by atoms with E-state index in [1.807, 2.05) is 18.5 Å². The highest BCUT2D eigenvalue weighted by molar-refractivity contribution is 5.83. The summed E-state index contributed by atoms with van der Waals surface area (Å²) >= 11 is 0. The van der Waals surface area contributed by atoms with Gasteiger partial charge in [-0.2, -0.15) is 0 Å². The van der Waals surface area contributed by atoms with Crippen molar-refractivity contribution in [3.05, 3.63) is 72.3 Å². The Bertz CT molecular complexity index is 1340. The number of nitrogens with zero attached hydrogens (tertiary/aromatic N) is 5. The Morgan fingerprint density at radius 2 is 1.82 bits per heavy atom.